The predicted molar refractivity (Wildman–Crippen MR) is 126 cm³/mol. The molecule has 2 amide bonds. The smallest absolute Gasteiger partial charge is 0.325 e. The van der Waals surface area contributed by atoms with Crippen molar-refractivity contribution in [3.63, 3.8) is 0 Å². The number of hydrogen-bond donors (Lipinski definition) is 1. The first-order valence-electron chi connectivity index (χ1n) is 10.9. The molecule has 4 rings (SSSR count). The first-order chi connectivity index (χ1) is 15.1. The molecular formula is C24H29ClN2O4S. The standard InChI is InChI=1S/C24H29ClN2O4S/c1-16-9-12-19(13-10-16)32(30,31)24(29)20-15-18(17-7-5-4-6-8-17)11-14-21(20)27(22(24)25)23(28)26(2)3/h9-15,17,22,29H,4-8H2,1-3H3. The average Bonchev–Trinajstić information content (AvgIpc) is 3.01. The van der Waals surface area contributed by atoms with Crippen molar-refractivity contribution in [2.24, 2.45) is 0 Å². The van der Waals surface area contributed by atoms with Gasteiger partial charge in [-0.3, -0.25) is 4.90 Å². The fourth-order valence-electron chi connectivity index (χ4n) is 4.75. The van der Waals surface area contributed by atoms with Gasteiger partial charge in [0.15, 0.2) is 5.50 Å². The molecule has 0 aromatic heterocycles. The molecule has 1 fully saturated rings. The maximum absolute atomic E-state index is 13.8. The van der Waals surface area contributed by atoms with Crippen molar-refractivity contribution >= 4 is 33.2 Å². The van der Waals surface area contributed by atoms with E-state index in [1.807, 2.05) is 13.0 Å². The van der Waals surface area contributed by atoms with Crippen molar-refractivity contribution in [3.8, 4) is 0 Å². The van der Waals surface area contributed by atoms with Gasteiger partial charge in [0.25, 0.3) is 0 Å². The number of benzene rings is 2. The molecule has 0 bridgehead atoms. The lowest BCUT2D eigenvalue weighted by molar-refractivity contribution is 0.127. The molecule has 0 spiro atoms. The maximum Gasteiger partial charge on any atom is 0.325 e. The summed E-state index contributed by atoms with van der Waals surface area (Å²) in [6, 6.07) is 11.2. The van der Waals surface area contributed by atoms with E-state index in [0.29, 0.717) is 11.6 Å². The van der Waals surface area contributed by atoms with Crippen LogP contribution in [0.1, 0.15) is 54.7 Å². The molecule has 1 aliphatic heterocycles. The van der Waals surface area contributed by atoms with Gasteiger partial charge < -0.3 is 10.0 Å². The monoisotopic (exact) mass is 476 g/mol. The largest absolute Gasteiger partial charge is 0.368 e. The normalized spacial score (nSPS) is 23.8. The number of aliphatic hydroxyl groups is 1. The second-order valence-electron chi connectivity index (χ2n) is 9.01. The van der Waals surface area contributed by atoms with Crippen LogP contribution in [0.4, 0.5) is 10.5 Å². The van der Waals surface area contributed by atoms with E-state index in [1.54, 1.807) is 38.4 Å². The molecule has 2 aromatic rings. The minimum atomic E-state index is -4.35. The summed E-state index contributed by atoms with van der Waals surface area (Å²) in [7, 11) is -1.22. The van der Waals surface area contributed by atoms with Crippen LogP contribution >= 0.6 is 11.6 Å². The van der Waals surface area contributed by atoms with Gasteiger partial charge in [0.2, 0.25) is 14.8 Å². The van der Waals surface area contributed by atoms with E-state index in [4.69, 9.17) is 11.6 Å². The second-order valence-corrected chi connectivity index (χ2v) is 11.5. The van der Waals surface area contributed by atoms with Crippen molar-refractivity contribution in [3.05, 3.63) is 59.2 Å². The van der Waals surface area contributed by atoms with E-state index in [1.165, 1.54) is 28.4 Å². The third-order valence-electron chi connectivity index (χ3n) is 6.62. The number of aryl methyl sites for hydroxylation is 1. The summed E-state index contributed by atoms with van der Waals surface area (Å²) in [4.78, 5) is 12.9. The van der Waals surface area contributed by atoms with Crippen LogP contribution in [0.25, 0.3) is 0 Å². The Balaban J connectivity index is 1.91. The van der Waals surface area contributed by atoms with Gasteiger partial charge in [-0.2, -0.15) is 0 Å². The van der Waals surface area contributed by atoms with Gasteiger partial charge in [-0.15, -0.1) is 0 Å². The first kappa shape index (κ1) is 23.1. The molecule has 1 aliphatic carbocycles. The van der Waals surface area contributed by atoms with E-state index in [2.05, 4.69) is 0 Å². The van der Waals surface area contributed by atoms with Gasteiger partial charge in [0.05, 0.1) is 10.6 Å². The molecule has 8 heteroatoms. The van der Waals surface area contributed by atoms with E-state index >= 15 is 0 Å². The summed E-state index contributed by atoms with van der Waals surface area (Å²) in [6.07, 6.45) is 5.48. The van der Waals surface area contributed by atoms with E-state index < -0.39 is 26.3 Å². The number of alkyl halides is 1. The highest BCUT2D eigenvalue weighted by molar-refractivity contribution is 7.92. The molecule has 2 aromatic carbocycles. The molecule has 172 valence electrons. The summed E-state index contributed by atoms with van der Waals surface area (Å²) in [5.41, 5.74) is 0.844. The molecule has 2 atom stereocenters. The van der Waals surface area contributed by atoms with Gasteiger partial charge in [-0.05, 0) is 55.5 Å². The summed E-state index contributed by atoms with van der Waals surface area (Å²) in [5, 5.41) is 11.9. The minimum Gasteiger partial charge on any atom is -0.368 e. The Morgan fingerprint density at radius 2 is 1.72 bits per heavy atom. The van der Waals surface area contributed by atoms with Crippen molar-refractivity contribution in [1.82, 2.24) is 4.90 Å². The predicted octanol–water partition coefficient (Wildman–Crippen LogP) is 4.73. The van der Waals surface area contributed by atoms with E-state index in [-0.39, 0.29) is 10.5 Å². The molecule has 0 radical (unpaired) electrons. The summed E-state index contributed by atoms with van der Waals surface area (Å²) in [5.74, 6) is 0.299. The number of sulfone groups is 1. The van der Waals surface area contributed by atoms with Crippen molar-refractivity contribution < 1.29 is 18.3 Å². The van der Waals surface area contributed by atoms with E-state index in [9.17, 15) is 18.3 Å². The zero-order valence-corrected chi connectivity index (χ0v) is 20.2. The number of carbonyl (C=O) groups excluding carboxylic acids is 1. The van der Waals surface area contributed by atoms with Crippen LogP contribution in [0, 0.1) is 6.92 Å². The quantitative estimate of drug-likeness (QED) is 0.513. The number of halogens is 1. The Hall–Kier alpha value is -2.09. The van der Waals surface area contributed by atoms with Gasteiger partial charge in [-0.1, -0.05) is 54.6 Å². The van der Waals surface area contributed by atoms with Crippen LogP contribution in [-0.2, 0) is 14.8 Å². The summed E-state index contributed by atoms with van der Waals surface area (Å²) in [6.45, 7) is 1.86. The lowest BCUT2D eigenvalue weighted by Gasteiger charge is -2.31. The molecule has 2 unspecified atom stereocenters. The summed E-state index contributed by atoms with van der Waals surface area (Å²) < 4.78 is 27.6. The SMILES string of the molecule is Cc1ccc(S(=O)(=O)C2(O)c3cc(C4CCCCC4)ccc3N(C(=O)N(C)C)C2Cl)cc1. The van der Waals surface area contributed by atoms with Gasteiger partial charge in [0, 0.05) is 19.7 Å². The Morgan fingerprint density at radius 1 is 1.09 bits per heavy atom. The molecule has 1 saturated carbocycles. The topological polar surface area (TPSA) is 77.9 Å². The van der Waals surface area contributed by atoms with Crippen LogP contribution in [-0.4, -0.2) is 44.1 Å². The van der Waals surface area contributed by atoms with Gasteiger partial charge in [0.1, 0.15) is 0 Å². The Morgan fingerprint density at radius 3 is 2.31 bits per heavy atom. The van der Waals surface area contributed by atoms with Crippen molar-refractivity contribution in [2.45, 2.75) is 60.3 Å². The third kappa shape index (κ3) is 3.51. The number of urea groups is 1. The third-order valence-corrected chi connectivity index (χ3v) is 9.42. The highest BCUT2D eigenvalue weighted by Gasteiger charge is 2.60. The fraction of sp³-hybridized carbons (Fsp3) is 0.458. The van der Waals surface area contributed by atoms with Crippen molar-refractivity contribution in [1.29, 1.82) is 0 Å². The molecule has 6 nitrogen and oxygen atoms in total. The fourth-order valence-corrected chi connectivity index (χ4v) is 7.08. The lowest BCUT2D eigenvalue weighted by Crippen LogP contribution is -2.50. The lowest BCUT2D eigenvalue weighted by atomic mass is 9.83. The number of fused-ring (bicyclic) bond motifs is 1. The zero-order chi connectivity index (χ0) is 23.3. The highest BCUT2D eigenvalue weighted by atomic mass is 35.5. The Labute approximate surface area is 194 Å². The maximum atomic E-state index is 13.8. The average molecular weight is 477 g/mol. The molecule has 1 N–H and O–H groups in total. The molecular weight excluding hydrogens is 448 g/mol. The molecule has 1 heterocycles. The number of amides is 2. The number of anilines is 1. The molecule has 2 aliphatic rings. The van der Waals surface area contributed by atoms with Crippen molar-refractivity contribution in [2.75, 3.05) is 19.0 Å². The number of carbonyl (C=O) groups is 1. The first-order valence-corrected chi connectivity index (χ1v) is 12.8. The highest BCUT2D eigenvalue weighted by Crippen LogP contribution is 2.52. The number of rotatable bonds is 3. The zero-order valence-electron chi connectivity index (χ0n) is 18.6. The molecule has 32 heavy (non-hydrogen) atoms. The van der Waals surface area contributed by atoms with E-state index in [0.717, 1.165) is 36.8 Å². The second kappa shape index (κ2) is 8.36. The number of hydrogen-bond acceptors (Lipinski definition) is 4. The van der Waals surface area contributed by atoms with Gasteiger partial charge in [-0.25, -0.2) is 13.2 Å². The van der Waals surface area contributed by atoms with Crippen LogP contribution in [0.2, 0.25) is 0 Å². The minimum absolute atomic E-state index is 0.0376. The van der Waals surface area contributed by atoms with Crippen LogP contribution in [0.5, 0.6) is 0 Å². The number of nitrogens with zero attached hydrogens (tertiary/aromatic N) is 2. The Kier molecular flexibility index (Phi) is 6.03. The van der Waals surface area contributed by atoms with Crippen LogP contribution in [0.15, 0.2) is 47.4 Å². The van der Waals surface area contributed by atoms with Crippen LogP contribution < -0.4 is 4.90 Å². The Bertz CT molecular complexity index is 1130. The summed E-state index contributed by atoms with van der Waals surface area (Å²) >= 11 is 6.64. The molecule has 0 saturated heterocycles. The van der Waals surface area contributed by atoms with Gasteiger partial charge >= 0.3 is 6.03 Å². The van der Waals surface area contributed by atoms with Crippen LogP contribution in [0.3, 0.4) is 0 Å².